The van der Waals surface area contributed by atoms with Gasteiger partial charge in [-0.1, -0.05) is 89.9 Å². The maximum Gasteiger partial charge on any atom is 0.0180 e. The van der Waals surface area contributed by atoms with Crippen LogP contribution in [0.5, 0.6) is 0 Å². The molecule has 1 saturated carbocycles. The first kappa shape index (κ1) is 15.3. The van der Waals surface area contributed by atoms with Gasteiger partial charge >= 0.3 is 0 Å². The minimum Gasteiger partial charge on any atom is -0.0887 e. The number of alkyl halides is 1. The van der Waals surface area contributed by atoms with Gasteiger partial charge in [0.05, 0.1) is 0 Å². The van der Waals surface area contributed by atoms with Gasteiger partial charge in [-0.3, -0.25) is 0 Å². The van der Waals surface area contributed by atoms with E-state index >= 15 is 0 Å². The summed E-state index contributed by atoms with van der Waals surface area (Å²) in [5.74, 6) is 0.802. The van der Waals surface area contributed by atoms with Gasteiger partial charge in [-0.25, -0.2) is 0 Å². The molecule has 0 bridgehead atoms. The lowest BCUT2D eigenvalue weighted by Crippen LogP contribution is -2.28. The molecule has 3 atom stereocenters. The van der Waals surface area contributed by atoms with Crippen LogP contribution in [0.3, 0.4) is 0 Å². The normalized spacial score (nSPS) is 23.4. The highest BCUT2D eigenvalue weighted by Crippen LogP contribution is 2.48. The van der Waals surface area contributed by atoms with E-state index in [9.17, 15) is 0 Å². The van der Waals surface area contributed by atoms with Crippen molar-refractivity contribution in [1.29, 1.82) is 0 Å². The Hall–Kier alpha value is -0.650. The molecule has 0 aliphatic heterocycles. The number of hydrogen-bond acceptors (Lipinski definition) is 0. The fourth-order valence-electron chi connectivity index (χ4n) is 3.47. The molecule has 1 aliphatic carbocycles. The molecule has 0 saturated heterocycles. The summed E-state index contributed by atoms with van der Waals surface area (Å²) in [5, 5.41) is 3.02. The van der Waals surface area contributed by atoms with E-state index in [0.717, 1.165) is 11.6 Å². The van der Waals surface area contributed by atoms with Crippen LogP contribution in [0.4, 0.5) is 0 Å². The molecule has 2 unspecified atom stereocenters. The predicted octanol–water partition coefficient (Wildman–Crippen LogP) is 5.07. The Morgan fingerprint density at radius 3 is 1.86 bits per heavy atom. The lowest BCUT2D eigenvalue weighted by molar-refractivity contribution is 0.556. The van der Waals surface area contributed by atoms with Crippen LogP contribution in [0.1, 0.15) is 26.2 Å². The van der Waals surface area contributed by atoms with E-state index < -0.39 is 0 Å². The molecule has 0 heterocycles. The molecule has 0 spiro atoms. The van der Waals surface area contributed by atoms with Crippen molar-refractivity contribution in [2.24, 2.45) is 5.92 Å². The Labute approximate surface area is 137 Å². The summed E-state index contributed by atoms with van der Waals surface area (Å²) in [6.07, 6.45) is 4.08. The van der Waals surface area contributed by atoms with Crippen molar-refractivity contribution in [3.8, 4) is 0 Å². The Morgan fingerprint density at radius 2 is 1.43 bits per heavy atom. The third-order valence-electron chi connectivity index (χ3n) is 4.58. The summed E-state index contributed by atoms with van der Waals surface area (Å²) in [4.78, 5) is 0.699. The predicted molar refractivity (Wildman–Crippen MR) is 98.6 cm³/mol. The summed E-state index contributed by atoms with van der Waals surface area (Å²) in [5.41, 5.74) is 0.719. The van der Waals surface area contributed by atoms with Gasteiger partial charge < -0.3 is 0 Å². The number of rotatable bonds is 4. The highest BCUT2D eigenvalue weighted by Gasteiger charge is 2.34. The molecule has 1 fully saturated rings. The molecule has 21 heavy (non-hydrogen) atoms. The SMILES string of the molecule is C[C@H](C1CCCC1Br)P(c1ccccc1)c1ccccc1. The molecule has 0 aromatic heterocycles. The fourth-order valence-corrected chi connectivity index (χ4v) is 7.72. The van der Waals surface area contributed by atoms with Gasteiger partial charge in [0.1, 0.15) is 0 Å². The average Bonchev–Trinajstić information content (AvgIpc) is 2.96. The number of benzene rings is 2. The fraction of sp³-hybridized carbons (Fsp3) is 0.368. The lowest BCUT2D eigenvalue weighted by Gasteiger charge is -2.31. The molecule has 1 aliphatic rings. The molecule has 2 aromatic rings. The van der Waals surface area contributed by atoms with Crippen molar-refractivity contribution in [1.82, 2.24) is 0 Å². The minimum atomic E-state index is -0.280. The topological polar surface area (TPSA) is 0 Å². The van der Waals surface area contributed by atoms with Crippen LogP contribution in [0.2, 0.25) is 0 Å². The van der Waals surface area contributed by atoms with Crippen LogP contribution in [0.25, 0.3) is 0 Å². The summed E-state index contributed by atoms with van der Waals surface area (Å²) in [6.45, 7) is 2.47. The molecular formula is C19H22BrP. The molecule has 110 valence electrons. The first-order valence-electron chi connectivity index (χ1n) is 7.81. The van der Waals surface area contributed by atoms with E-state index in [-0.39, 0.29) is 7.92 Å². The molecule has 2 aromatic carbocycles. The van der Waals surface area contributed by atoms with E-state index in [2.05, 4.69) is 83.5 Å². The van der Waals surface area contributed by atoms with Gasteiger partial charge in [-0.2, -0.15) is 0 Å². The van der Waals surface area contributed by atoms with Crippen molar-refractivity contribution >= 4 is 34.5 Å². The zero-order chi connectivity index (χ0) is 14.7. The zero-order valence-corrected chi connectivity index (χ0v) is 14.9. The second kappa shape index (κ2) is 7.07. The first-order valence-corrected chi connectivity index (χ1v) is 10.1. The van der Waals surface area contributed by atoms with Gasteiger partial charge in [0.15, 0.2) is 0 Å². The van der Waals surface area contributed by atoms with E-state index in [1.54, 1.807) is 0 Å². The standard InChI is InChI=1S/C19H22BrP/c1-15(18-13-8-14-19(18)20)21(16-9-4-2-5-10-16)17-11-6-3-7-12-17/h2-7,9-12,15,18-19H,8,13-14H2,1H3/t15-,18?,19?/m1/s1. The largest absolute Gasteiger partial charge is 0.0887 e. The van der Waals surface area contributed by atoms with Crippen LogP contribution < -0.4 is 10.6 Å². The molecule has 0 N–H and O–H groups in total. The Balaban J connectivity index is 1.96. The van der Waals surface area contributed by atoms with Crippen molar-refractivity contribution < 1.29 is 0 Å². The summed E-state index contributed by atoms with van der Waals surface area (Å²) in [7, 11) is -0.280. The monoisotopic (exact) mass is 360 g/mol. The second-order valence-electron chi connectivity index (χ2n) is 5.89. The van der Waals surface area contributed by atoms with E-state index in [4.69, 9.17) is 0 Å². The molecule has 2 heteroatoms. The Kier molecular flexibility index (Phi) is 5.14. The third-order valence-corrected chi connectivity index (χ3v) is 8.62. The van der Waals surface area contributed by atoms with Gasteiger partial charge in [0, 0.05) is 4.83 Å². The van der Waals surface area contributed by atoms with E-state index in [0.29, 0.717) is 4.83 Å². The van der Waals surface area contributed by atoms with Gasteiger partial charge in [-0.15, -0.1) is 0 Å². The summed E-state index contributed by atoms with van der Waals surface area (Å²) >= 11 is 3.93. The first-order chi connectivity index (χ1) is 10.3. The van der Waals surface area contributed by atoms with Crippen LogP contribution in [0, 0.1) is 5.92 Å². The lowest BCUT2D eigenvalue weighted by atomic mass is 10.1. The molecule has 3 rings (SSSR count). The maximum atomic E-state index is 3.93. The zero-order valence-electron chi connectivity index (χ0n) is 12.5. The smallest absolute Gasteiger partial charge is 0.0180 e. The quantitative estimate of drug-likeness (QED) is 0.527. The van der Waals surface area contributed by atoms with Crippen molar-refractivity contribution in [3.05, 3.63) is 60.7 Å². The van der Waals surface area contributed by atoms with Gasteiger partial charge in [0.25, 0.3) is 0 Å². The van der Waals surface area contributed by atoms with E-state index in [1.807, 2.05) is 0 Å². The highest BCUT2D eigenvalue weighted by molar-refractivity contribution is 9.09. The Bertz CT molecular complexity index is 515. The van der Waals surface area contributed by atoms with Crippen molar-refractivity contribution in [2.45, 2.75) is 36.7 Å². The Morgan fingerprint density at radius 1 is 0.905 bits per heavy atom. The third kappa shape index (κ3) is 3.41. The molecule has 0 amide bonds. The summed E-state index contributed by atoms with van der Waals surface area (Å²) in [6, 6.07) is 22.2. The summed E-state index contributed by atoms with van der Waals surface area (Å²) < 4.78 is 0. The highest BCUT2D eigenvalue weighted by atomic mass is 79.9. The van der Waals surface area contributed by atoms with Crippen LogP contribution in [0.15, 0.2) is 60.7 Å². The van der Waals surface area contributed by atoms with Crippen LogP contribution >= 0.6 is 23.9 Å². The van der Waals surface area contributed by atoms with Crippen molar-refractivity contribution in [2.75, 3.05) is 0 Å². The molecular weight excluding hydrogens is 339 g/mol. The minimum absolute atomic E-state index is 0.280. The molecule has 0 nitrogen and oxygen atoms in total. The van der Waals surface area contributed by atoms with Crippen LogP contribution in [-0.4, -0.2) is 10.5 Å². The van der Waals surface area contributed by atoms with Crippen molar-refractivity contribution in [3.63, 3.8) is 0 Å². The van der Waals surface area contributed by atoms with Gasteiger partial charge in [0.2, 0.25) is 0 Å². The van der Waals surface area contributed by atoms with Crippen LogP contribution in [-0.2, 0) is 0 Å². The second-order valence-corrected chi connectivity index (χ2v) is 9.66. The number of hydrogen-bond donors (Lipinski definition) is 0. The van der Waals surface area contributed by atoms with E-state index in [1.165, 1.54) is 29.9 Å². The number of halogens is 1. The maximum absolute atomic E-state index is 3.93. The average molecular weight is 361 g/mol. The molecule has 0 radical (unpaired) electrons. The van der Waals surface area contributed by atoms with Gasteiger partial charge in [-0.05, 0) is 42.9 Å².